The van der Waals surface area contributed by atoms with E-state index in [2.05, 4.69) is 21.2 Å². The summed E-state index contributed by atoms with van der Waals surface area (Å²) in [5.74, 6) is -0.617. The maximum atomic E-state index is 12.2. The minimum Gasteiger partial charge on any atom is -0.503 e. The van der Waals surface area contributed by atoms with Gasteiger partial charge in [-0.15, -0.1) is 0 Å². The van der Waals surface area contributed by atoms with Crippen LogP contribution in [0.5, 0.6) is 11.5 Å². The SMILES string of the molecule is COc1cc(/C=C(\C#N)C(=O)N[C@H]2CCS(=O)(=O)C2)cc(Br)c1O. The number of carbonyl (C=O) groups excluding carboxylic acids is 1. The second-order valence-corrected chi connectivity index (χ2v) is 8.38. The van der Waals surface area contributed by atoms with Crippen LogP contribution in [0.3, 0.4) is 0 Å². The maximum Gasteiger partial charge on any atom is 0.262 e. The van der Waals surface area contributed by atoms with Gasteiger partial charge in [0.1, 0.15) is 11.6 Å². The van der Waals surface area contributed by atoms with Crippen LogP contribution in [0.15, 0.2) is 22.2 Å². The monoisotopic (exact) mass is 414 g/mol. The summed E-state index contributed by atoms with van der Waals surface area (Å²) >= 11 is 3.16. The predicted molar refractivity (Wildman–Crippen MR) is 91.2 cm³/mol. The molecule has 1 atom stereocenters. The number of aromatic hydroxyl groups is 1. The zero-order chi connectivity index (χ0) is 17.9. The Hall–Kier alpha value is -2.05. The number of sulfone groups is 1. The summed E-state index contributed by atoms with van der Waals surface area (Å²) in [7, 11) is -1.74. The fourth-order valence-electron chi connectivity index (χ4n) is 2.32. The third-order valence-corrected chi connectivity index (χ3v) is 5.89. The Morgan fingerprint density at radius 3 is 2.79 bits per heavy atom. The molecular weight excluding hydrogens is 400 g/mol. The first-order chi connectivity index (χ1) is 11.3. The van der Waals surface area contributed by atoms with E-state index in [1.807, 2.05) is 0 Å². The van der Waals surface area contributed by atoms with Crippen molar-refractivity contribution in [3.8, 4) is 17.6 Å². The summed E-state index contributed by atoms with van der Waals surface area (Å²) in [6, 6.07) is 4.32. The molecule has 1 aliphatic heterocycles. The Morgan fingerprint density at radius 2 is 2.25 bits per heavy atom. The molecule has 0 spiro atoms. The Bertz CT molecular complexity index is 842. The van der Waals surface area contributed by atoms with E-state index in [0.29, 0.717) is 16.5 Å². The molecule has 7 nitrogen and oxygen atoms in total. The van der Waals surface area contributed by atoms with E-state index in [1.54, 1.807) is 6.07 Å². The first-order valence-electron chi connectivity index (χ1n) is 6.95. The average Bonchev–Trinajstić information content (AvgIpc) is 2.86. The number of halogens is 1. The molecule has 1 heterocycles. The molecule has 1 aliphatic rings. The highest BCUT2D eigenvalue weighted by atomic mass is 79.9. The van der Waals surface area contributed by atoms with Crippen LogP contribution in [0.1, 0.15) is 12.0 Å². The number of rotatable bonds is 4. The van der Waals surface area contributed by atoms with Gasteiger partial charge in [0.25, 0.3) is 5.91 Å². The van der Waals surface area contributed by atoms with E-state index >= 15 is 0 Å². The van der Waals surface area contributed by atoms with Gasteiger partial charge in [-0.3, -0.25) is 4.79 Å². The fourth-order valence-corrected chi connectivity index (χ4v) is 4.45. The summed E-state index contributed by atoms with van der Waals surface area (Å²) in [4.78, 5) is 12.2. The van der Waals surface area contributed by atoms with Crippen LogP contribution in [0.4, 0.5) is 0 Å². The topological polar surface area (TPSA) is 116 Å². The smallest absolute Gasteiger partial charge is 0.262 e. The van der Waals surface area contributed by atoms with Crippen molar-refractivity contribution in [2.45, 2.75) is 12.5 Å². The number of ether oxygens (including phenoxy) is 1. The van der Waals surface area contributed by atoms with Gasteiger partial charge in [0, 0.05) is 6.04 Å². The summed E-state index contributed by atoms with van der Waals surface area (Å²) in [5, 5.41) is 21.5. The van der Waals surface area contributed by atoms with Crippen LogP contribution in [-0.2, 0) is 14.6 Å². The highest BCUT2D eigenvalue weighted by molar-refractivity contribution is 9.10. The molecular formula is C15H15BrN2O5S. The van der Waals surface area contributed by atoms with Crippen LogP contribution in [-0.4, -0.2) is 44.1 Å². The second kappa shape index (κ2) is 7.23. The Kier molecular flexibility index (Phi) is 5.51. The van der Waals surface area contributed by atoms with Crippen LogP contribution in [0, 0.1) is 11.3 Å². The number of nitrogens with zero attached hydrogens (tertiary/aromatic N) is 1. The fraction of sp³-hybridized carbons (Fsp3) is 0.333. The molecule has 0 unspecified atom stereocenters. The average molecular weight is 415 g/mol. The Balaban J connectivity index is 2.22. The van der Waals surface area contributed by atoms with E-state index in [9.17, 15) is 23.6 Å². The van der Waals surface area contributed by atoms with Crippen molar-refractivity contribution in [2.24, 2.45) is 0 Å². The van der Waals surface area contributed by atoms with Crippen molar-refractivity contribution in [3.05, 3.63) is 27.7 Å². The lowest BCUT2D eigenvalue weighted by atomic mass is 10.1. The largest absolute Gasteiger partial charge is 0.503 e. The second-order valence-electron chi connectivity index (χ2n) is 5.30. The quantitative estimate of drug-likeness (QED) is 0.567. The van der Waals surface area contributed by atoms with Gasteiger partial charge >= 0.3 is 0 Å². The molecule has 9 heteroatoms. The molecule has 2 N–H and O–H groups in total. The lowest BCUT2D eigenvalue weighted by molar-refractivity contribution is -0.117. The van der Waals surface area contributed by atoms with Crippen molar-refractivity contribution in [1.29, 1.82) is 5.26 Å². The molecule has 24 heavy (non-hydrogen) atoms. The van der Waals surface area contributed by atoms with Crippen molar-refractivity contribution >= 4 is 37.8 Å². The normalized spacial score (nSPS) is 19.5. The third-order valence-electron chi connectivity index (χ3n) is 3.51. The predicted octanol–water partition coefficient (Wildman–Crippen LogP) is 1.37. The highest BCUT2D eigenvalue weighted by Crippen LogP contribution is 2.35. The molecule has 1 fully saturated rings. The van der Waals surface area contributed by atoms with Crippen molar-refractivity contribution in [2.75, 3.05) is 18.6 Å². The van der Waals surface area contributed by atoms with Gasteiger partial charge in [0.2, 0.25) is 0 Å². The molecule has 0 aromatic heterocycles. The Morgan fingerprint density at radius 1 is 1.54 bits per heavy atom. The van der Waals surface area contributed by atoms with Crippen molar-refractivity contribution in [3.63, 3.8) is 0 Å². The zero-order valence-corrected chi connectivity index (χ0v) is 15.1. The molecule has 128 valence electrons. The van der Waals surface area contributed by atoms with Crippen LogP contribution in [0.25, 0.3) is 6.08 Å². The number of hydrogen-bond acceptors (Lipinski definition) is 6. The molecule has 0 saturated carbocycles. The maximum absolute atomic E-state index is 12.2. The summed E-state index contributed by atoms with van der Waals surface area (Å²) < 4.78 is 28.2. The molecule has 1 aromatic carbocycles. The standard InChI is InChI=1S/C15H15BrN2O5S/c1-23-13-6-9(5-12(16)14(13)19)4-10(7-17)15(20)18-11-2-3-24(21,22)8-11/h4-6,11,19H,2-3,8H2,1H3,(H,18,20)/b10-4+/t11-/m0/s1. The summed E-state index contributed by atoms with van der Waals surface area (Å²) in [5.41, 5.74) is 0.307. The van der Waals surface area contributed by atoms with Gasteiger partial charge < -0.3 is 15.2 Å². The number of methoxy groups -OCH3 is 1. The number of hydrogen-bond donors (Lipinski definition) is 2. The van der Waals surface area contributed by atoms with Gasteiger partial charge in [-0.2, -0.15) is 5.26 Å². The number of carbonyl (C=O) groups is 1. The first-order valence-corrected chi connectivity index (χ1v) is 9.56. The number of amides is 1. The number of phenolic OH excluding ortho intramolecular Hbond substituents is 1. The van der Waals surface area contributed by atoms with E-state index in [-0.39, 0.29) is 28.6 Å². The van der Waals surface area contributed by atoms with Crippen LogP contribution >= 0.6 is 15.9 Å². The molecule has 1 aromatic rings. The highest BCUT2D eigenvalue weighted by Gasteiger charge is 2.29. The number of phenols is 1. The Labute approximate surface area is 148 Å². The van der Waals surface area contributed by atoms with Crippen molar-refractivity contribution < 1.29 is 23.1 Å². The minimum absolute atomic E-state index is 0.0334. The summed E-state index contributed by atoms with van der Waals surface area (Å²) in [6.07, 6.45) is 1.68. The molecule has 2 rings (SSSR count). The molecule has 0 radical (unpaired) electrons. The lowest BCUT2D eigenvalue weighted by Gasteiger charge is -2.10. The third kappa shape index (κ3) is 4.27. The van der Waals surface area contributed by atoms with Gasteiger partial charge in [-0.25, -0.2) is 8.42 Å². The zero-order valence-electron chi connectivity index (χ0n) is 12.7. The first kappa shape index (κ1) is 18.3. The number of nitriles is 1. The van der Waals surface area contributed by atoms with E-state index in [0.717, 1.165) is 0 Å². The number of nitrogens with one attached hydrogen (secondary N) is 1. The van der Waals surface area contributed by atoms with E-state index < -0.39 is 21.8 Å². The van der Waals surface area contributed by atoms with Crippen LogP contribution in [0.2, 0.25) is 0 Å². The minimum atomic E-state index is -3.12. The molecule has 1 amide bonds. The van der Waals surface area contributed by atoms with Gasteiger partial charge in [0.05, 0.1) is 23.1 Å². The van der Waals surface area contributed by atoms with Gasteiger partial charge in [-0.1, -0.05) is 0 Å². The van der Waals surface area contributed by atoms with Crippen molar-refractivity contribution in [1.82, 2.24) is 5.32 Å². The molecule has 1 saturated heterocycles. The molecule has 0 aliphatic carbocycles. The summed E-state index contributed by atoms with van der Waals surface area (Å²) in [6.45, 7) is 0. The number of benzene rings is 1. The molecule has 0 bridgehead atoms. The van der Waals surface area contributed by atoms with E-state index in [4.69, 9.17) is 4.74 Å². The lowest BCUT2D eigenvalue weighted by Crippen LogP contribution is -2.36. The van der Waals surface area contributed by atoms with Gasteiger partial charge in [-0.05, 0) is 46.1 Å². The van der Waals surface area contributed by atoms with E-state index in [1.165, 1.54) is 25.3 Å². The van der Waals surface area contributed by atoms with Crippen LogP contribution < -0.4 is 10.1 Å². The van der Waals surface area contributed by atoms with Gasteiger partial charge in [0.15, 0.2) is 21.3 Å².